The van der Waals surface area contributed by atoms with Crippen LogP contribution in [0.5, 0.6) is 0 Å². The average Bonchev–Trinajstić information content (AvgIpc) is 3.43. The Morgan fingerprint density at radius 1 is 1.15 bits per heavy atom. The lowest BCUT2D eigenvalue weighted by Gasteiger charge is -2.33. The van der Waals surface area contributed by atoms with Crippen LogP contribution in [0, 0.1) is 0 Å². The Morgan fingerprint density at radius 2 is 2.04 bits per heavy atom. The number of amidine groups is 1. The Labute approximate surface area is 159 Å². The summed E-state index contributed by atoms with van der Waals surface area (Å²) in [4.78, 5) is 12.4. The second-order valence-electron chi connectivity index (χ2n) is 7.61. The molecule has 2 aromatic rings. The summed E-state index contributed by atoms with van der Waals surface area (Å²) in [5, 5.41) is 1.22. The van der Waals surface area contributed by atoms with Gasteiger partial charge in [-0.05, 0) is 43.5 Å². The van der Waals surface area contributed by atoms with Crippen molar-refractivity contribution in [1.29, 1.82) is 0 Å². The van der Waals surface area contributed by atoms with Gasteiger partial charge in [0.2, 0.25) is 0 Å². The van der Waals surface area contributed by atoms with Crippen LogP contribution in [0.3, 0.4) is 0 Å². The predicted molar refractivity (Wildman–Crippen MR) is 107 cm³/mol. The van der Waals surface area contributed by atoms with E-state index in [1.807, 2.05) is 24.0 Å². The SMILES string of the molecule is CC[C@@H]1CSC2=N[C@@H](c3ccccn3)[C@H](c3cccn3C3CCCC3)N21. The summed E-state index contributed by atoms with van der Waals surface area (Å²) in [5.74, 6) is 1.16. The van der Waals surface area contributed by atoms with Gasteiger partial charge in [-0.15, -0.1) is 0 Å². The molecule has 136 valence electrons. The minimum absolute atomic E-state index is 0.100. The van der Waals surface area contributed by atoms with Gasteiger partial charge in [-0.1, -0.05) is 37.6 Å². The molecule has 4 heterocycles. The highest BCUT2D eigenvalue weighted by Crippen LogP contribution is 2.49. The van der Waals surface area contributed by atoms with Crippen LogP contribution in [0.1, 0.15) is 68.5 Å². The first-order valence-electron chi connectivity index (χ1n) is 9.93. The van der Waals surface area contributed by atoms with Crippen LogP contribution in [0.2, 0.25) is 0 Å². The van der Waals surface area contributed by atoms with Gasteiger partial charge < -0.3 is 9.47 Å². The molecule has 0 unspecified atom stereocenters. The maximum Gasteiger partial charge on any atom is 0.160 e. The van der Waals surface area contributed by atoms with E-state index in [9.17, 15) is 0 Å². The molecular weight excluding hydrogens is 340 g/mol. The Hall–Kier alpha value is -1.75. The van der Waals surface area contributed by atoms with Gasteiger partial charge in [0.05, 0.1) is 11.7 Å². The smallest absolute Gasteiger partial charge is 0.160 e. The van der Waals surface area contributed by atoms with Crippen molar-refractivity contribution in [2.45, 2.75) is 63.2 Å². The van der Waals surface area contributed by atoms with Crippen molar-refractivity contribution in [3.8, 4) is 0 Å². The van der Waals surface area contributed by atoms with Crippen LogP contribution in [0.4, 0.5) is 0 Å². The van der Waals surface area contributed by atoms with E-state index in [4.69, 9.17) is 4.99 Å². The summed E-state index contributed by atoms with van der Waals surface area (Å²) in [6.45, 7) is 2.30. The molecular formula is C21H26N4S. The second-order valence-corrected chi connectivity index (χ2v) is 8.60. The fourth-order valence-electron chi connectivity index (χ4n) is 4.84. The van der Waals surface area contributed by atoms with Crippen molar-refractivity contribution < 1.29 is 0 Å². The van der Waals surface area contributed by atoms with Crippen LogP contribution in [-0.4, -0.2) is 31.4 Å². The van der Waals surface area contributed by atoms with Gasteiger partial charge in [0.15, 0.2) is 5.17 Å². The normalized spacial score (nSPS) is 28.6. The maximum atomic E-state index is 5.15. The molecule has 1 saturated heterocycles. The zero-order valence-electron chi connectivity index (χ0n) is 15.3. The van der Waals surface area contributed by atoms with Gasteiger partial charge >= 0.3 is 0 Å². The van der Waals surface area contributed by atoms with E-state index < -0.39 is 0 Å². The third-order valence-corrected chi connectivity index (χ3v) is 7.29. The van der Waals surface area contributed by atoms with Crippen molar-refractivity contribution in [2.75, 3.05) is 5.75 Å². The lowest BCUT2D eigenvalue weighted by molar-refractivity contribution is 0.241. The maximum absolute atomic E-state index is 5.15. The third-order valence-electron chi connectivity index (χ3n) is 6.16. The van der Waals surface area contributed by atoms with Gasteiger partial charge in [0.1, 0.15) is 6.04 Å². The van der Waals surface area contributed by atoms with Gasteiger partial charge in [-0.25, -0.2) is 0 Å². The predicted octanol–water partition coefficient (Wildman–Crippen LogP) is 4.98. The number of pyridine rings is 1. The summed E-state index contributed by atoms with van der Waals surface area (Å²) in [6.07, 6.45) is 10.7. The van der Waals surface area contributed by atoms with E-state index in [2.05, 4.69) is 51.8 Å². The quantitative estimate of drug-likeness (QED) is 0.765. The summed E-state index contributed by atoms with van der Waals surface area (Å²) < 4.78 is 2.56. The first-order valence-corrected chi connectivity index (χ1v) is 10.9. The summed E-state index contributed by atoms with van der Waals surface area (Å²) in [5.41, 5.74) is 2.52. The molecule has 0 N–H and O–H groups in total. The lowest BCUT2D eigenvalue weighted by Crippen LogP contribution is -2.36. The number of thioether (sulfide) groups is 1. The molecule has 5 rings (SSSR count). The molecule has 2 aromatic heterocycles. The highest BCUT2D eigenvalue weighted by Gasteiger charge is 2.46. The molecule has 4 nitrogen and oxygen atoms in total. The van der Waals surface area contributed by atoms with E-state index in [1.165, 1.54) is 43.0 Å². The van der Waals surface area contributed by atoms with Crippen LogP contribution >= 0.6 is 11.8 Å². The molecule has 0 radical (unpaired) electrons. The van der Waals surface area contributed by atoms with E-state index in [-0.39, 0.29) is 12.1 Å². The topological polar surface area (TPSA) is 33.4 Å². The molecule has 3 aliphatic rings. The number of hydrogen-bond acceptors (Lipinski definition) is 4. The standard InChI is InChI=1S/C21H26N4S/c1-2-15-14-26-21-23-19(17-10-5-6-12-22-17)20(25(15)21)18-11-7-13-24(18)16-8-3-4-9-16/h5-7,10-13,15-16,19-20H,2-4,8-9,14H2,1H3/t15-,19+,20+/m1/s1. The van der Waals surface area contributed by atoms with Gasteiger partial charge in [0.25, 0.3) is 0 Å². The van der Waals surface area contributed by atoms with Crippen LogP contribution in [0.25, 0.3) is 0 Å². The Morgan fingerprint density at radius 3 is 2.81 bits per heavy atom. The molecule has 1 saturated carbocycles. The zero-order chi connectivity index (χ0) is 17.5. The number of nitrogens with zero attached hydrogens (tertiary/aromatic N) is 4. The summed E-state index contributed by atoms with van der Waals surface area (Å²) in [6, 6.07) is 12.4. The van der Waals surface area contributed by atoms with Crippen LogP contribution in [0.15, 0.2) is 47.7 Å². The third kappa shape index (κ3) is 2.59. The number of aliphatic imine (C=N–C) groups is 1. The van der Waals surface area contributed by atoms with E-state index in [0.29, 0.717) is 12.1 Å². The molecule has 3 atom stereocenters. The first-order chi connectivity index (χ1) is 12.9. The van der Waals surface area contributed by atoms with Gasteiger partial charge in [0, 0.05) is 35.9 Å². The fourth-order valence-corrected chi connectivity index (χ4v) is 6.18. The molecule has 0 amide bonds. The molecule has 0 aromatic carbocycles. The minimum atomic E-state index is 0.100. The highest BCUT2D eigenvalue weighted by atomic mass is 32.2. The number of rotatable bonds is 4. The number of aromatic nitrogens is 2. The van der Waals surface area contributed by atoms with Crippen molar-refractivity contribution in [3.63, 3.8) is 0 Å². The Balaban J connectivity index is 1.58. The molecule has 1 aliphatic carbocycles. The summed E-state index contributed by atoms with van der Waals surface area (Å²) in [7, 11) is 0. The van der Waals surface area contributed by atoms with E-state index in [1.54, 1.807) is 0 Å². The van der Waals surface area contributed by atoms with Gasteiger partial charge in [-0.3, -0.25) is 9.98 Å². The monoisotopic (exact) mass is 366 g/mol. The molecule has 26 heavy (non-hydrogen) atoms. The minimum Gasteiger partial charge on any atom is -0.346 e. The molecule has 2 fully saturated rings. The molecule has 5 heteroatoms. The van der Waals surface area contributed by atoms with Crippen LogP contribution in [-0.2, 0) is 0 Å². The first kappa shape index (κ1) is 16.4. The van der Waals surface area contributed by atoms with E-state index >= 15 is 0 Å². The molecule has 0 spiro atoms. The Bertz CT molecular complexity index is 793. The van der Waals surface area contributed by atoms with Crippen LogP contribution < -0.4 is 0 Å². The number of fused-ring (bicyclic) bond motifs is 1. The summed E-state index contributed by atoms with van der Waals surface area (Å²) >= 11 is 1.92. The highest BCUT2D eigenvalue weighted by molar-refractivity contribution is 8.14. The van der Waals surface area contributed by atoms with Crippen molar-refractivity contribution >= 4 is 16.9 Å². The van der Waals surface area contributed by atoms with Crippen molar-refractivity contribution in [1.82, 2.24) is 14.5 Å². The Kier molecular flexibility index (Phi) is 4.27. The zero-order valence-corrected chi connectivity index (χ0v) is 16.1. The largest absolute Gasteiger partial charge is 0.346 e. The van der Waals surface area contributed by atoms with E-state index in [0.717, 1.165) is 11.4 Å². The van der Waals surface area contributed by atoms with Gasteiger partial charge in [-0.2, -0.15) is 0 Å². The lowest BCUT2D eigenvalue weighted by atomic mass is 9.99. The fraction of sp³-hybridized carbons (Fsp3) is 0.524. The average molecular weight is 367 g/mol. The second kappa shape index (κ2) is 6.76. The van der Waals surface area contributed by atoms with Crippen molar-refractivity contribution in [2.24, 2.45) is 4.99 Å². The molecule has 0 bridgehead atoms. The number of hydrogen-bond donors (Lipinski definition) is 0. The molecule has 2 aliphatic heterocycles. The van der Waals surface area contributed by atoms with Crippen molar-refractivity contribution in [3.05, 3.63) is 54.1 Å².